The zero-order chi connectivity index (χ0) is 21.7. The molecule has 0 saturated carbocycles. The number of hydrogen-bond donors (Lipinski definition) is 2. The second-order valence-corrected chi connectivity index (χ2v) is 10.5. The molecule has 1 fully saturated rings. The molecule has 2 aliphatic heterocycles. The molecule has 0 bridgehead atoms. The highest BCUT2D eigenvalue weighted by atomic mass is 35.5. The van der Waals surface area contributed by atoms with E-state index in [1.54, 1.807) is 6.92 Å². The summed E-state index contributed by atoms with van der Waals surface area (Å²) in [4.78, 5) is 26.8. The van der Waals surface area contributed by atoms with Crippen molar-refractivity contribution in [2.24, 2.45) is 0 Å². The van der Waals surface area contributed by atoms with Crippen LogP contribution in [0.4, 0.5) is 0 Å². The molecule has 2 aliphatic rings. The highest BCUT2D eigenvalue weighted by Gasteiger charge is 2.26. The number of carbonyl (C=O) groups excluding carboxylic acids is 2. The number of morpholine rings is 1. The molecule has 1 aromatic rings. The Morgan fingerprint density at radius 1 is 1.37 bits per heavy atom. The minimum absolute atomic E-state index is 0.0118. The summed E-state index contributed by atoms with van der Waals surface area (Å²) in [5.74, 6) is 0.335. The summed E-state index contributed by atoms with van der Waals surface area (Å²) in [6.07, 6.45) is -0.0531. The first-order chi connectivity index (χ1) is 14.3. The van der Waals surface area contributed by atoms with Crippen LogP contribution in [0.25, 0.3) is 0 Å². The Bertz CT molecular complexity index is 838. The minimum atomic E-state index is -0.0531. The van der Waals surface area contributed by atoms with Crippen LogP contribution >= 0.6 is 46.7 Å². The van der Waals surface area contributed by atoms with Gasteiger partial charge in [0.15, 0.2) is 5.78 Å². The summed E-state index contributed by atoms with van der Waals surface area (Å²) in [6, 6.07) is 5.67. The number of allylic oxidation sites excluding steroid dienone is 2. The normalized spacial score (nSPS) is 22.1. The fraction of sp³-hybridized carbons (Fsp3) is 0.500. The summed E-state index contributed by atoms with van der Waals surface area (Å²) >= 11 is 15.0. The number of rotatable bonds is 8. The van der Waals surface area contributed by atoms with Gasteiger partial charge in [0.05, 0.1) is 33.4 Å². The lowest BCUT2D eigenvalue weighted by Crippen LogP contribution is -2.47. The molecule has 1 saturated heterocycles. The molecule has 3 rings (SSSR count). The van der Waals surface area contributed by atoms with Crippen LogP contribution in [0, 0.1) is 0 Å². The Kier molecular flexibility index (Phi) is 8.80. The monoisotopic (exact) mass is 489 g/mol. The third-order valence-electron chi connectivity index (χ3n) is 4.73. The Hall–Kier alpha value is -0.900. The van der Waals surface area contributed by atoms with E-state index in [4.69, 9.17) is 27.9 Å². The van der Waals surface area contributed by atoms with Gasteiger partial charge in [-0.1, -0.05) is 41.0 Å². The number of carbonyl (C=O) groups is 2. The van der Waals surface area contributed by atoms with Crippen LogP contribution in [0.5, 0.6) is 0 Å². The number of hydrogen-bond acceptors (Lipinski definition) is 7. The Balaban J connectivity index is 1.37. The molecule has 1 aromatic carbocycles. The SMILES string of the molecule is CC(=O)C1=C(C)NC(SCC(=O)NC[C@H]2CN(Cc3ccc(Cl)c(Cl)c3)CCO2)S1. The first-order valence-corrected chi connectivity index (χ1v) is 12.3. The van der Waals surface area contributed by atoms with Crippen molar-refractivity contribution < 1.29 is 14.3 Å². The van der Waals surface area contributed by atoms with E-state index in [9.17, 15) is 9.59 Å². The van der Waals surface area contributed by atoms with E-state index in [0.29, 0.717) is 28.9 Å². The van der Waals surface area contributed by atoms with Crippen molar-refractivity contribution in [3.8, 4) is 0 Å². The summed E-state index contributed by atoms with van der Waals surface area (Å²) in [5, 5.41) is 7.30. The van der Waals surface area contributed by atoms with Crippen LogP contribution in [0.15, 0.2) is 28.8 Å². The van der Waals surface area contributed by atoms with Gasteiger partial charge in [0.25, 0.3) is 0 Å². The predicted molar refractivity (Wildman–Crippen MR) is 125 cm³/mol. The molecule has 0 spiro atoms. The smallest absolute Gasteiger partial charge is 0.230 e. The van der Waals surface area contributed by atoms with Crippen LogP contribution in [0.2, 0.25) is 10.0 Å². The van der Waals surface area contributed by atoms with Crippen molar-refractivity contribution in [1.82, 2.24) is 15.5 Å². The number of thioether (sulfide) groups is 2. The van der Waals surface area contributed by atoms with E-state index >= 15 is 0 Å². The topological polar surface area (TPSA) is 70.7 Å². The average molecular weight is 490 g/mol. The molecule has 1 amide bonds. The van der Waals surface area contributed by atoms with Crippen LogP contribution in [0.1, 0.15) is 19.4 Å². The molecule has 0 aromatic heterocycles. The minimum Gasteiger partial charge on any atom is -0.374 e. The van der Waals surface area contributed by atoms with Crippen LogP contribution in [0.3, 0.4) is 0 Å². The number of nitrogens with one attached hydrogen (secondary N) is 2. The van der Waals surface area contributed by atoms with E-state index in [1.165, 1.54) is 23.5 Å². The van der Waals surface area contributed by atoms with Gasteiger partial charge in [-0.25, -0.2) is 0 Å². The van der Waals surface area contributed by atoms with Crippen LogP contribution in [-0.4, -0.2) is 59.4 Å². The van der Waals surface area contributed by atoms with Gasteiger partial charge < -0.3 is 15.4 Å². The highest BCUT2D eigenvalue weighted by Crippen LogP contribution is 2.36. The maximum Gasteiger partial charge on any atom is 0.230 e. The van der Waals surface area contributed by atoms with Gasteiger partial charge in [-0.15, -0.1) is 11.8 Å². The summed E-state index contributed by atoms with van der Waals surface area (Å²) in [6.45, 7) is 6.86. The Morgan fingerprint density at radius 2 is 2.17 bits per heavy atom. The van der Waals surface area contributed by atoms with Crippen molar-refractivity contribution in [1.29, 1.82) is 0 Å². The fourth-order valence-corrected chi connectivity index (χ4v) is 5.87. The number of nitrogens with zero attached hydrogens (tertiary/aromatic N) is 1. The second-order valence-electron chi connectivity index (χ2n) is 7.20. The maximum absolute atomic E-state index is 12.2. The largest absolute Gasteiger partial charge is 0.374 e. The zero-order valence-corrected chi connectivity index (χ0v) is 20.0. The van der Waals surface area contributed by atoms with Gasteiger partial charge in [0.2, 0.25) is 5.91 Å². The first kappa shape index (κ1) is 23.8. The standard InChI is InChI=1S/C20H25Cl2N3O3S2/c1-12-19(13(2)26)30-20(24-12)29-11-18(27)23-8-15-10-25(5-6-28-15)9-14-3-4-16(21)17(22)7-14/h3-4,7,15,20,24H,5-6,8-11H2,1-2H3,(H,23,27)/t15-,20?/m0/s1. The number of halogens is 2. The Morgan fingerprint density at radius 3 is 2.87 bits per heavy atom. The van der Waals surface area contributed by atoms with Crippen LogP contribution < -0.4 is 10.6 Å². The van der Waals surface area contributed by atoms with Gasteiger partial charge >= 0.3 is 0 Å². The summed E-state index contributed by atoms with van der Waals surface area (Å²) in [5.41, 5.74) is 1.98. The van der Waals surface area contributed by atoms with E-state index in [-0.39, 0.29) is 22.5 Å². The number of ether oxygens (including phenoxy) is 1. The molecule has 2 heterocycles. The predicted octanol–water partition coefficient (Wildman–Crippen LogP) is 3.48. The Labute approximate surface area is 195 Å². The molecular formula is C20H25Cl2N3O3S2. The number of ketones is 1. The highest BCUT2D eigenvalue weighted by molar-refractivity contribution is 8.19. The summed E-state index contributed by atoms with van der Waals surface area (Å²) in [7, 11) is 0. The molecule has 2 N–H and O–H groups in total. The van der Waals surface area contributed by atoms with E-state index in [1.807, 2.05) is 25.1 Å². The van der Waals surface area contributed by atoms with Crippen molar-refractivity contribution in [2.75, 3.05) is 32.0 Å². The number of benzene rings is 1. The van der Waals surface area contributed by atoms with Gasteiger partial charge in [-0.05, 0) is 31.5 Å². The van der Waals surface area contributed by atoms with Gasteiger partial charge in [0.1, 0.15) is 4.71 Å². The van der Waals surface area contributed by atoms with E-state index < -0.39 is 0 Å². The molecule has 0 aliphatic carbocycles. The van der Waals surface area contributed by atoms with Crippen molar-refractivity contribution in [2.45, 2.75) is 31.2 Å². The number of Topliss-reactive ketones (excluding diaryl/α,β-unsaturated/α-hetero) is 1. The average Bonchev–Trinajstić information content (AvgIpc) is 3.09. The fourth-order valence-electron chi connectivity index (χ4n) is 3.26. The zero-order valence-electron chi connectivity index (χ0n) is 16.9. The third-order valence-corrected chi connectivity index (χ3v) is 8.17. The number of amides is 1. The van der Waals surface area contributed by atoms with Crippen molar-refractivity contribution in [3.63, 3.8) is 0 Å². The lowest BCUT2D eigenvalue weighted by atomic mass is 10.2. The summed E-state index contributed by atoms with van der Waals surface area (Å²) < 4.78 is 5.79. The molecule has 2 atom stereocenters. The first-order valence-electron chi connectivity index (χ1n) is 9.63. The lowest BCUT2D eigenvalue weighted by molar-refractivity contribution is -0.119. The van der Waals surface area contributed by atoms with Gasteiger partial charge in [0, 0.05) is 31.9 Å². The second kappa shape index (κ2) is 11.1. The molecule has 10 heteroatoms. The molecular weight excluding hydrogens is 465 g/mol. The lowest BCUT2D eigenvalue weighted by Gasteiger charge is -2.33. The quantitative estimate of drug-likeness (QED) is 0.578. The molecule has 1 unspecified atom stereocenters. The molecule has 0 radical (unpaired) electrons. The molecule has 30 heavy (non-hydrogen) atoms. The van der Waals surface area contributed by atoms with E-state index in [2.05, 4.69) is 15.5 Å². The van der Waals surface area contributed by atoms with E-state index in [0.717, 1.165) is 35.8 Å². The molecule has 164 valence electrons. The van der Waals surface area contributed by atoms with Crippen molar-refractivity contribution >= 4 is 58.4 Å². The van der Waals surface area contributed by atoms with Gasteiger partial charge in [-0.2, -0.15) is 0 Å². The van der Waals surface area contributed by atoms with Gasteiger partial charge in [-0.3, -0.25) is 14.5 Å². The maximum atomic E-state index is 12.2. The third kappa shape index (κ3) is 6.80. The van der Waals surface area contributed by atoms with Crippen molar-refractivity contribution in [3.05, 3.63) is 44.4 Å². The molecule has 6 nitrogen and oxygen atoms in total. The van der Waals surface area contributed by atoms with Crippen LogP contribution in [-0.2, 0) is 20.9 Å².